The average molecular weight is 284 g/mol. The van der Waals surface area contributed by atoms with Gasteiger partial charge in [0.05, 0.1) is 6.54 Å². The van der Waals surface area contributed by atoms with Crippen LogP contribution in [0.5, 0.6) is 0 Å². The van der Waals surface area contributed by atoms with Crippen LogP contribution in [-0.4, -0.2) is 17.6 Å². The van der Waals surface area contributed by atoms with Crippen LogP contribution in [0.25, 0.3) is 0 Å². The first-order valence-corrected chi connectivity index (χ1v) is 6.16. The molecule has 0 saturated heterocycles. The van der Waals surface area contributed by atoms with Gasteiger partial charge in [0.15, 0.2) is 0 Å². The number of carbonyl (C=O) groups excluding carboxylic acids is 1. The summed E-state index contributed by atoms with van der Waals surface area (Å²) in [5.41, 5.74) is 6.48. The number of hydrogen-bond donors (Lipinski definition) is 3. The highest BCUT2D eigenvalue weighted by atomic mass is 19.1. The van der Waals surface area contributed by atoms with E-state index in [0.29, 0.717) is 17.1 Å². The Morgan fingerprint density at radius 3 is 2.71 bits per heavy atom. The quantitative estimate of drug-likeness (QED) is 0.739. The molecule has 0 bridgehead atoms. The topological polar surface area (TPSA) is 80.0 Å². The maximum absolute atomic E-state index is 12.8. The van der Waals surface area contributed by atoms with Gasteiger partial charge in [0.2, 0.25) is 0 Å². The van der Waals surface area contributed by atoms with Crippen LogP contribution < -0.4 is 16.4 Å². The number of rotatable bonds is 2. The SMILES string of the molecule is NCC#Cc1ccnc(NC(=O)Nc2ccc(F)cc2)c1. The molecular weight excluding hydrogens is 271 g/mol. The first-order chi connectivity index (χ1) is 10.2. The van der Waals surface area contributed by atoms with E-state index in [2.05, 4.69) is 27.5 Å². The Kier molecular flexibility index (Phi) is 4.85. The van der Waals surface area contributed by atoms with Crippen molar-refractivity contribution in [2.45, 2.75) is 0 Å². The molecule has 1 heterocycles. The second kappa shape index (κ2) is 7.03. The van der Waals surface area contributed by atoms with Crippen molar-refractivity contribution in [2.75, 3.05) is 17.2 Å². The predicted octanol–water partition coefficient (Wildman–Crippen LogP) is 2.17. The average Bonchev–Trinajstić information content (AvgIpc) is 2.48. The maximum Gasteiger partial charge on any atom is 0.324 e. The van der Waals surface area contributed by atoms with E-state index in [1.807, 2.05) is 0 Å². The van der Waals surface area contributed by atoms with Gasteiger partial charge in [0.25, 0.3) is 0 Å². The lowest BCUT2D eigenvalue weighted by Crippen LogP contribution is -2.20. The van der Waals surface area contributed by atoms with Crippen LogP contribution in [0.4, 0.5) is 20.7 Å². The minimum absolute atomic E-state index is 0.260. The first kappa shape index (κ1) is 14.5. The molecule has 0 atom stereocenters. The molecule has 0 aliphatic rings. The summed E-state index contributed by atoms with van der Waals surface area (Å²) in [6.45, 7) is 0.260. The van der Waals surface area contributed by atoms with Gasteiger partial charge < -0.3 is 11.1 Å². The van der Waals surface area contributed by atoms with Crippen molar-refractivity contribution >= 4 is 17.5 Å². The summed E-state index contributed by atoms with van der Waals surface area (Å²) in [5.74, 6) is 5.55. The van der Waals surface area contributed by atoms with Crippen molar-refractivity contribution in [3.63, 3.8) is 0 Å². The van der Waals surface area contributed by atoms with Crippen LogP contribution in [0.3, 0.4) is 0 Å². The Morgan fingerprint density at radius 2 is 2.00 bits per heavy atom. The molecule has 0 unspecified atom stereocenters. The molecular formula is C15H13FN4O. The van der Waals surface area contributed by atoms with E-state index in [1.54, 1.807) is 12.1 Å². The first-order valence-electron chi connectivity index (χ1n) is 6.16. The second-order valence-corrected chi connectivity index (χ2v) is 4.02. The highest BCUT2D eigenvalue weighted by Crippen LogP contribution is 2.10. The number of halogens is 1. The fraction of sp³-hybridized carbons (Fsp3) is 0.0667. The number of nitrogens with zero attached hydrogens (tertiary/aromatic N) is 1. The predicted molar refractivity (Wildman–Crippen MR) is 79.2 cm³/mol. The van der Waals surface area contributed by atoms with Gasteiger partial charge in [-0.2, -0.15) is 0 Å². The molecule has 4 N–H and O–H groups in total. The monoisotopic (exact) mass is 284 g/mol. The number of nitrogens with two attached hydrogens (primary N) is 1. The molecule has 2 aromatic rings. The Balaban J connectivity index is 2.00. The number of pyridine rings is 1. The van der Waals surface area contributed by atoms with Gasteiger partial charge in [-0.05, 0) is 36.4 Å². The molecule has 0 aliphatic heterocycles. The van der Waals surface area contributed by atoms with Crippen molar-refractivity contribution in [1.82, 2.24) is 4.98 Å². The molecule has 0 radical (unpaired) electrons. The number of benzene rings is 1. The summed E-state index contributed by atoms with van der Waals surface area (Å²) < 4.78 is 12.8. The lowest BCUT2D eigenvalue weighted by atomic mass is 10.2. The minimum Gasteiger partial charge on any atom is -0.320 e. The number of carbonyl (C=O) groups is 1. The number of anilines is 2. The lowest BCUT2D eigenvalue weighted by molar-refractivity contribution is 0.262. The Bertz CT molecular complexity index is 689. The van der Waals surface area contributed by atoms with Gasteiger partial charge in [-0.1, -0.05) is 11.8 Å². The molecule has 6 heteroatoms. The van der Waals surface area contributed by atoms with Crippen molar-refractivity contribution < 1.29 is 9.18 Å². The van der Waals surface area contributed by atoms with Gasteiger partial charge in [-0.25, -0.2) is 14.2 Å². The van der Waals surface area contributed by atoms with Gasteiger partial charge in [0.1, 0.15) is 11.6 Å². The zero-order valence-electron chi connectivity index (χ0n) is 11.1. The van der Waals surface area contributed by atoms with Crippen LogP contribution in [0.1, 0.15) is 5.56 Å². The third-order valence-electron chi connectivity index (χ3n) is 2.44. The summed E-state index contributed by atoms with van der Waals surface area (Å²) >= 11 is 0. The normalized spacial score (nSPS) is 9.43. The van der Waals surface area contributed by atoms with Crippen LogP contribution in [0, 0.1) is 17.7 Å². The number of nitrogens with one attached hydrogen (secondary N) is 2. The van der Waals surface area contributed by atoms with E-state index in [1.165, 1.54) is 30.5 Å². The smallest absolute Gasteiger partial charge is 0.320 e. The largest absolute Gasteiger partial charge is 0.324 e. The summed E-state index contributed by atoms with van der Waals surface area (Å²) in [7, 11) is 0. The molecule has 1 aromatic carbocycles. The summed E-state index contributed by atoms with van der Waals surface area (Å²) in [6.07, 6.45) is 1.54. The molecule has 0 saturated carbocycles. The van der Waals surface area contributed by atoms with Gasteiger partial charge >= 0.3 is 6.03 Å². The number of urea groups is 1. The molecule has 1 aromatic heterocycles. The Hall–Kier alpha value is -2.91. The van der Waals surface area contributed by atoms with E-state index in [4.69, 9.17) is 5.73 Å². The molecule has 0 fully saturated rings. The molecule has 0 spiro atoms. The Morgan fingerprint density at radius 1 is 1.24 bits per heavy atom. The fourth-order valence-electron chi connectivity index (χ4n) is 1.54. The van der Waals surface area contributed by atoms with Crippen LogP contribution in [-0.2, 0) is 0 Å². The molecule has 106 valence electrons. The second-order valence-electron chi connectivity index (χ2n) is 4.02. The number of aromatic nitrogens is 1. The molecule has 2 amide bonds. The van der Waals surface area contributed by atoms with Crippen molar-refractivity contribution in [1.29, 1.82) is 0 Å². The summed E-state index contributed by atoms with van der Waals surface area (Å²) in [4.78, 5) is 15.8. The maximum atomic E-state index is 12.8. The van der Waals surface area contributed by atoms with Crippen LogP contribution in [0.2, 0.25) is 0 Å². The third kappa shape index (κ3) is 4.60. The summed E-state index contributed by atoms with van der Waals surface area (Å²) in [6, 6.07) is 8.32. The van der Waals surface area contributed by atoms with Crippen molar-refractivity contribution in [2.24, 2.45) is 5.73 Å². The number of hydrogen-bond acceptors (Lipinski definition) is 3. The fourth-order valence-corrected chi connectivity index (χ4v) is 1.54. The van der Waals surface area contributed by atoms with Crippen LogP contribution in [0.15, 0.2) is 42.6 Å². The van der Waals surface area contributed by atoms with E-state index < -0.39 is 6.03 Å². The van der Waals surface area contributed by atoms with E-state index in [-0.39, 0.29) is 12.4 Å². The van der Waals surface area contributed by atoms with Crippen molar-refractivity contribution in [3.8, 4) is 11.8 Å². The van der Waals surface area contributed by atoms with Gasteiger partial charge in [0, 0.05) is 17.4 Å². The highest BCUT2D eigenvalue weighted by molar-refractivity contribution is 5.99. The Labute approximate surface area is 121 Å². The summed E-state index contributed by atoms with van der Waals surface area (Å²) in [5, 5.41) is 5.14. The number of amides is 2. The van der Waals surface area contributed by atoms with Crippen LogP contribution >= 0.6 is 0 Å². The third-order valence-corrected chi connectivity index (χ3v) is 2.44. The minimum atomic E-state index is -0.474. The molecule has 5 nitrogen and oxygen atoms in total. The lowest BCUT2D eigenvalue weighted by Gasteiger charge is -2.07. The molecule has 21 heavy (non-hydrogen) atoms. The van der Waals surface area contributed by atoms with E-state index in [0.717, 1.165) is 0 Å². The van der Waals surface area contributed by atoms with E-state index in [9.17, 15) is 9.18 Å². The molecule has 0 aliphatic carbocycles. The van der Waals surface area contributed by atoms with Gasteiger partial charge in [-0.15, -0.1) is 0 Å². The highest BCUT2D eigenvalue weighted by Gasteiger charge is 2.04. The standard InChI is InChI=1S/C15H13FN4O/c16-12-3-5-13(6-4-12)19-15(21)20-14-10-11(2-1-8-17)7-9-18-14/h3-7,9-10H,8,17H2,(H2,18,19,20,21). The molecule has 2 rings (SSSR count). The van der Waals surface area contributed by atoms with Gasteiger partial charge in [-0.3, -0.25) is 5.32 Å². The van der Waals surface area contributed by atoms with Crippen molar-refractivity contribution in [3.05, 3.63) is 54.0 Å². The van der Waals surface area contributed by atoms with E-state index >= 15 is 0 Å². The zero-order valence-corrected chi connectivity index (χ0v) is 11.1. The zero-order chi connectivity index (χ0) is 15.1.